The second-order valence-corrected chi connectivity index (χ2v) is 6.50. The maximum absolute atomic E-state index is 12.9. The first-order valence-electron chi connectivity index (χ1n) is 9.43. The Hall–Kier alpha value is -3.51. The van der Waals surface area contributed by atoms with Gasteiger partial charge in [0.25, 0.3) is 0 Å². The first kappa shape index (κ1) is 18.8. The highest BCUT2D eigenvalue weighted by Gasteiger charge is 2.12. The van der Waals surface area contributed by atoms with Crippen molar-refractivity contribution in [1.29, 1.82) is 0 Å². The smallest absolute Gasteiger partial charge is 0.123 e. The number of ether oxygens (including phenoxy) is 1. The molecule has 146 valence electrons. The van der Waals surface area contributed by atoms with Crippen molar-refractivity contribution in [1.82, 2.24) is 20.1 Å². The molecule has 5 nitrogen and oxygen atoms in total. The molecule has 6 heteroatoms. The number of halogens is 1. The SMILES string of the molecule is Fc1ccc(OCCNCc2cn(-c3ccccc3)nc2-c2cccnc2)cc1. The minimum atomic E-state index is -0.270. The zero-order chi connectivity index (χ0) is 19.9. The maximum Gasteiger partial charge on any atom is 0.123 e. The Morgan fingerprint density at radius 2 is 1.79 bits per heavy atom. The largest absolute Gasteiger partial charge is 0.492 e. The van der Waals surface area contributed by atoms with Gasteiger partial charge >= 0.3 is 0 Å². The van der Waals surface area contributed by atoms with Crippen molar-refractivity contribution in [2.24, 2.45) is 0 Å². The van der Waals surface area contributed by atoms with Gasteiger partial charge in [-0.1, -0.05) is 18.2 Å². The van der Waals surface area contributed by atoms with Crippen LogP contribution in [0.5, 0.6) is 5.75 Å². The molecule has 0 aliphatic rings. The second kappa shape index (κ2) is 9.12. The number of rotatable bonds is 8. The lowest BCUT2D eigenvalue weighted by molar-refractivity contribution is 0.313. The van der Waals surface area contributed by atoms with Crippen LogP contribution in [0.3, 0.4) is 0 Å². The summed E-state index contributed by atoms with van der Waals surface area (Å²) in [5, 5.41) is 8.16. The van der Waals surface area contributed by atoms with E-state index < -0.39 is 0 Å². The van der Waals surface area contributed by atoms with Crippen molar-refractivity contribution in [3.63, 3.8) is 0 Å². The van der Waals surface area contributed by atoms with Crippen LogP contribution in [-0.4, -0.2) is 27.9 Å². The van der Waals surface area contributed by atoms with Crippen LogP contribution in [0.2, 0.25) is 0 Å². The summed E-state index contributed by atoms with van der Waals surface area (Å²) in [6.45, 7) is 1.78. The van der Waals surface area contributed by atoms with Gasteiger partial charge in [0.15, 0.2) is 0 Å². The molecule has 1 N–H and O–H groups in total. The van der Waals surface area contributed by atoms with Crippen LogP contribution in [0.4, 0.5) is 4.39 Å². The fourth-order valence-electron chi connectivity index (χ4n) is 2.99. The Balaban J connectivity index is 1.43. The highest BCUT2D eigenvalue weighted by molar-refractivity contribution is 5.62. The summed E-state index contributed by atoms with van der Waals surface area (Å²) in [6.07, 6.45) is 5.60. The van der Waals surface area contributed by atoms with E-state index in [4.69, 9.17) is 9.84 Å². The molecule has 2 aromatic heterocycles. The molecule has 4 aromatic rings. The zero-order valence-corrected chi connectivity index (χ0v) is 15.8. The number of para-hydroxylation sites is 1. The zero-order valence-electron chi connectivity index (χ0n) is 15.8. The molecule has 0 atom stereocenters. The van der Waals surface area contributed by atoms with Crippen molar-refractivity contribution in [3.05, 3.63) is 96.7 Å². The summed E-state index contributed by atoms with van der Waals surface area (Å²) in [5.41, 5.74) is 3.95. The summed E-state index contributed by atoms with van der Waals surface area (Å²) < 4.78 is 20.5. The molecule has 2 aromatic carbocycles. The predicted molar refractivity (Wildman–Crippen MR) is 110 cm³/mol. The van der Waals surface area contributed by atoms with E-state index in [0.717, 1.165) is 22.5 Å². The molecule has 0 aliphatic carbocycles. The minimum absolute atomic E-state index is 0.270. The summed E-state index contributed by atoms with van der Waals surface area (Å²) in [6, 6.07) is 20.0. The van der Waals surface area contributed by atoms with E-state index in [1.54, 1.807) is 18.3 Å². The summed E-state index contributed by atoms with van der Waals surface area (Å²) in [5.74, 6) is 0.384. The van der Waals surface area contributed by atoms with Gasteiger partial charge in [0.2, 0.25) is 0 Å². The van der Waals surface area contributed by atoms with Crippen LogP contribution in [0.1, 0.15) is 5.56 Å². The van der Waals surface area contributed by atoms with Crippen LogP contribution >= 0.6 is 0 Å². The highest BCUT2D eigenvalue weighted by Crippen LogP contribution is 2.23. The van der Waals surface area contributed by atoms with E-state index in [1.807, 2.05) is 59.5 Å². The van der Waals surface area contributed by atoms with Crippen LogP contribution in [-0.2, 0) is 6.54 Å². The second-order valence-electron chi connectivity index (χ2n) is 6.50. The predicted octanol–water partition coefficient (Wildman–Crippen LogP) is 4.24. The van der Waals surface area contributed by atoms with Gasteiger partial charge in [0.1, 0.15) is 18.2 Å². The van der Waals surface area contributed by atoms with Gasteiger partial charge in [0.05, 0.1) is 11.4 Å². The average molecular weight is 388 g/mol. The molecule has 0 spiro atoms. The monoisotopic (exact) mass is 388 g/mol. The van der Waals surface area contributed by atoms with Gasteiger partial charge < -0.3 is 10.1 Å². The van der Waals surface area contributed by atoms with E-state index in [1.165, 1.54) is 12.1 Å². The topological polar surface area (TPSA) is 52.0 Å². The van der Waals surface area contributed by atoms with Crippen LogP contribution in [0.25, 0.3) is 16.9 Å². The highest BCUT2D eigenvalue weighted by atomic mass is 19.1. The first-order chi connectivity index (χ1) is 14.3. The summed E-state index contributed by atoms with van der Waals surface area (Å²) in [4.78, 5) is 4.22. The Bertz CT molecular complexity index is 1030. The fraction of sp³-hybridized carbons (Fsp3) is 0.130. The van der Waals surface area contributed by atoms with Gasteiger partial charge in [-0.15, -0.1) is 0 Å². The lowest BCUT2D eigenvalue weighted by Gasteiger charge is -2.07. The third-order valence-corrected chi connectivity index (χ3v) is 4.42. The van der Waals surface area contributed by atoms with Crippen molar-refractivity contribution in [3.8, 4) is 22.7 Å². The quantitative estimate of drug-likeness (QED) is 0.459. The van der Waals surface area contributed by atoms with E-state index in [0.29, 0.717) is 25.4 Å². The van der Waals surface area contributed by atoms with Gasteiger partial charge in [-0.3, -0.25) is 4.98 Å². The molecule has 0 saturated heterocycles. The molecular weight excluding hydrogens is 367 g/mol. The lowest BCUT2D eigenvalue weighted by Crippen LogP contribution is -2.20. The maximum atomic E-state index is 12.9. The molecular formula is C23H21FN4O. The number of hydrogen-bond donors (Lipinski definition) is 1. The first-order valence-corrected chi connectivity index (χ1v) is 9.43. The average Bonchev–Trinajstić information content (AvgIpc) is 3.20. The van der Waals surface area contributed by atoms with Crippen LogP contribution in [0, 0.1) is 5.82 Å². The Morgan fingerprint density at radius 1 is 0.966 bits per heavy atom. The van der Waals surface area contributed by atoms with E-state index in [-0.39, 0.29) is 5.82 Å². The number of pyridine rings is 1. The Labute approximate surface area is 168 Å². The molecule has 0 fully saturated rings. The number of benzene rings is 2. The number of nitrogens with one attached hydrogen (secondary N) is 1. The normalized spacial score (nSPS) is 10.8. The van der Waals surface area contributed by atoms with Crippen molar-refractivity contribution >= 4 is 0 Å². The van der Waals surface area contributed by atoms with Gasteiger partial charge in [-0.2, -0.15) is 5.10 Å². The molecule has 0 unspecified atom stereocenters. The van der Waals surface area contributed by atoms with Crippen LogP contribution in [0.15, 0.2) is 85.3 Å². The molecule has 0 amide bonds. The van der Waals surface area contributed by atoms with Crippen LogP contribution < -0.4 is 10.1 Å². The van der Waals surface area contributed by atoms with Crippen molar-refractivity contribution in [2.75, 3.05) is 13.2 Å². The Morgan fingerprint density at radius 3 is 2.55 bits per heavy atom. The number of hydrogen-bond acceptors (Lipinski definition) is 4. The minimum Gasteiger partial charge on any atom is -0.492 e. The standard InChI is InChI=1S/C23H21FN4O/c24-20-8-10-22(11-9-20)29-14-13-26-16-19-17-28(21-6-2-1-3-7-21)27-23(19)18-5-4-12-25-15-18/h1-12,15,17,26H,13-14,16H2. The fourth-order valence-corrected chi connectivity index (χ4v) is 2.99. The van der Waals surface area contributed by atoms with Gasteiger partial charge in [-0.05, 0) is 48.5 Å². The number of aromatic nitrogens is 3. The third-order valence-electron chi connectivity index (χ3n) is 4.42. The molecule has 0 radical (unpaired) electrons. The molecule has 0 saturated carbocycles. The van der Waals surface area contributed by atoms with Gasteiger partial charge in [0, 0.05) is 42.8 Å². The van der Waals surface area contributed by atoms with Crippen molar-refractivity contribution in [2.45, 2.75) is 6.54 Å². The lowest BCUT2D eigenvalue weighted by atomic mass is 10.1. The van der Waals surface area contributed by atoms with E-state index in [2.05, 4.69) is 10.3 Å². The molecule has 29 heavy (non-hydrogen) atoms. The Kier molecular flexibility index (Phi) is 5.92. The van der Waals surface area contributed by atoms with E-state index >= 15 is 0 Å². The van der Waals surface area contributed by atoms with Crippen molar-refractivity contribution < 1.29 is 9.13 Å². The number of nitrogens with zero attached hydrogens (tertiary/aromatic N) is 3. The molecule has 0 bridgehead atoms. The van der Waals surface area contributed by atoms with E-state index in [9.17, 15) is 4.39 Å². The summed E-state index contributed by atoms with van der Waals surface area (Å²) >= 11 is 0. The molecule has 2 heterocycles. The summed E-state index contributed by atoms with van der Waals surface area (Å²) in [7, 11) is 0. The van der Waals surface area contributed by atoms with Gasteiger partial charge in [-0.25, -0.2) is 9.07 Å². The third kappa shape index (κ3) is 4.86. The molecule has 0 aliphatic heterocycles. The molecule has 4 rings (SSSR count).